The molecule has 6 nitrogen and oxygen atoms in total. The van der Waals surface area contributed by atoms with E-state index < -0.39 is 6.04 Å². The summed E-state index contributed by atoms with van der Waals surface area (Å²) in [4.78, 5) is 27.0. The summed E-state index contributed by atoms with van der Waals surface area (Å²) in [6, 6.07) is 4.37. The predicted octanol–water partition coefficient (Wildman–Crippen LogP) is 4.16. The highest BCUT2D eigenvalue weighted by Crippen LogP contribution is 2.25. The maximum atomic E-state index is 12.7. The zero-order valence-electron chi connectivity index (χ0n) is 15.2. The fourth-order valence-corrected chi connectivity index (χ4v) is 3.95. The number of carbonyl (C=O) groups excluding carboxylic acids is 2. The molecule has 3 rings (SSSR count). The highest BCUT2D eigenvalue weighted by atomic mass is 35.5. The van der Waals surface area contributed by atoms with Gasteiger partial charge in [0.25, 0.3) is 0 Å². The average Bonchev–Trinajstić information content (AvgIpc) is 3.19. The van der Waals surface area contributed by atoms with Crippen LogP contribution in [0.1, 0.15) is 36.3 Å². The SMILES string of the molecule is Cc1noc(C)c1CCC(=O)N1CCCC1C(=O)Nc1cc(Cl)cc(Cl)c1. The van der Waals surface area contributed by atoms with Gasteiger partial charge < -0.3 is 14.7 Å². The number of benzene rings is 1. The Labute approximate surface area is 167 Å². The summed E-state index contributed by atoms with van der Waals surface area (Å²) in [5.74, 6) is 0.460. The molecular formula is C19H21Cl2N3O3. The largest absolute Gasteiger partial charge is 0.361 e. The van der Waals surface area contributed by atoms with Gasteiger partial charge in [0.15, 0.2) is 0 Å². The van der Waals surface area contributed by atoms with Gasteiger partial charge in [-0.05, 0) is 51.3 Å². The third-order valence-electron chi connectivity index (χ3n) is 4.78. The summed E-state index contributed by atoms with van der Waals surface area (Å²) in [5.41, 5.74) is 2.28. The van der Waals surface area contributed by atoms with Crippen LogP contribution in [0.2, 0.25) is 10.0 Å². The Balaban J connectivity index is 1.63. The predicted molar refractivity (Wildman–Crippen MR) is 104 cm³/mol. The zero-order chi connectivity index (χ0) is 19.6. The number of hydrogen-bond acceptors (Lipinski definition) is 4. The molecule has 1 N–H and O–H groups in total. The first kappa shape index (κ1) is 19.7. The maximum Gasteiger partial charge on any atom is 0.247 e. The number of halogens is 2. The van der Waals surface area contributed by atoms with Crippen LogP contribution in [0.4, 0.5) is 5.69 Å². The molecule has 0 radical (unpaired) electrons. The van der Waals surface area contributed by atoms with E-state index in [1.807, 2.05) is 13.8 Å². The number of amides is 2. The first-order chi connectivity index (χ1) is 12.8. The van der Waals surface area contributed by atoms with E-state index in [-0.39, 0.29) is 11.8 Å². The van der Waals surface area contributed by atoms with Crippen LogP contribution in [0.3, 0.4) is 0 Å². The van der Waals surface area contributed by atoms with E-state index in [2.05, 4.69) is 10.5 Å². The molecule has 1 fully saturated rings. The van der Waals surface area contributed by atoms with Crippen molar-refractivity contribution < 1.29 is 14.1 Å². The molecule has 0 spiro atoms. The molecule has 0 bridgehead atoms. The molecule has 1 aromatic heterocycles. The molecule has 1 unspecified atom stereocenters. The zero-order valence-corrected chi connectivity index (χ0v) is 16.7. The van der Waals surface area contributed by atoms with Gasteiger partial charge in [0.2, 0.25) is 11.8 Å². The average molecular weight is 410 g/mol. The molecule has 1 aromatic carbocycles. The topological polar surface area (TPSA) is 75.4 Å². The van der Waals surface area contributed by atoms with Crippen molar-refractivity contribution in [1.29, 1.82) is 0 Å². The van der Waals surface area contributed by atoms with E-state index in [1.165, 1.54) is 0 Å². The van der Waals surface area contributed by atoms with E-state index in [0.717, 1.165) is 23.4 Å². The van der Waals surface area contributed by atoms with Crippen molar-refractivity contribution in [2.45, 2.75) is 45.6 Å². The second-order valence-electron chi connectivity index (χ2n) is 6.70. The van der Waals surface area contributed by atoms with Crippen LogP contribution in [0.25, 0.3) is 0 Å². The van der Waals surface area contributed by atoms with Crippen molar-refractivity contribution in [3.63, 3.8) is 0 Å². The minimum absolute atomic E-state index is 0.0447. The molecule has 0 aliphatic carbocycles. The molecule has 27 heavy (non-hydrogen) atoms. The monoisotopic (exact) mass is 409 g/mol. The first-order valence-electron chi connectivity index (χ1n) is 8.83. The number of nitrogens with one attached hydrogen (secondary N) is 1. The van der Waals surface area contributed by atoms with Gasteiger partial charge in [-0.1, -0.05) is 28.4 Å². The second-order valence-corrected chi connectivity index (χ2v) is 7.57. The Hall–Kier alpha value is -2.05. The molecule has 1 aliphatic heterocycles. The van der Waals surface area contributed by atoms with Crippen LogP contribution in [0.15, 0.2) is 22.7 Å². The quantitative estimate of drug-likeness (QED) is 0.803. The van der Waals surface area contributed by atoms with E-state index in [0.29, 0.717) is 41.5 Å². The molecule has 1 aliphatic rings. The lowest BCUT2D eigenvalue weighted by molar-refractivity contribution is -0.136. The summed E-state index contributed by atoms with van der Waals surface area (Å²) in [6.45, 7) is 4.27. The lowest BCUT2D eigenvalue weighted by Gasteiger charge is -2.24. The Bertz CT molecular complexity index is 826. The van der Waals surface area contributed by atoms with Gasteiger partial charge in [-0.15, -0.1) is 0 Å². The number of nitrogens with zero attached hydrogens (tertiary/aromatic N) is 2. The van der Waals surface area contributed by atoms with Crippen molar-refractivity contribution in [3.8, 4) is 0 Å². The van der Waals surface area contributed by atoms with Gasteiger partial charge in [-0.2, -0.15) is 0 Å². The number of carbonyl (C=O) groups is 2. The molecule has 2 amide bonds. The van der Waals surface area contributed by atoms with Crippen molar-refractivity contribution >= 4 is 40.7 Å². The molecule has 2 heterocycles. The van der Waals surface area contributed by atoms with Gasteiger partial charge in [0.05, 0.1) is 5.69 Å². The summed E-state index contributed by atoms with van der Waals surface area (Å²) in [6.07, 6.45) is 2.30. The highest BCUT2D eigenvalue weighted by molar-refractivity contribution is 6.35. The molecule has 2 aromatic rings. The van der Waals surface area contributed by atoms with Gasteiger partial charge in [-0.3, -0.25) is 9.59 Å². The summed E-state index contributed by atoms with van der Waals surface area (Å²) < 4.78 is 5.14. The van der Waals surface area contributed by atoms with E-state index in [9.17, 15) is 9.59 Å². The minimum atomic E-state index is -0.486. The highest BCUT2D eigenvalue weighted by Gasteiger charge is 2.34. The van der Waals surface area contributed by atoms with Crippen molar-refractivity contribution in [3.05, 3.63) is 45.3 Å². The minimum Gasteiger partial charge on any atom is -0.361 e. The van der Waals surface area contributed by atoms with Crippen LogP contribution in [0.5, 0.6) is 0 Å². The Morgan fingerprint density at radius 3 is 2.59 bits per heavy atom. The lowest BCUT2D eigenvalue weighted by atomic mass is 10.1. The molecule has 8 heteroatoms. The van der Waals surface area contributed by atoms with Crippen LogP contribution in [0, 0.1) is 13.8 Å². The van der Waals surface area contributed by atoms with Gasteiger partial charge in [-0.25, -0.2) is 0 Å². The number of aryl methyl sites for hydroxylation is 2. The molecular weight excluding hydrogens is 389 g/mol. The van der Waals surface area contributed by atoms with Crippen LogP contribution in [-0.2, 0) is 16.0 Å². The number of anilines is 1. The second kappa shape index (κ2) is 8.31. The van der Waals surface area contributed by atoms with Crippen LogP contribution < -0.4 is 5.32 Å². The molecule has 1 saturated heterocycles. The summed E-state index contributed by atoms with van der Waals surface area (Å²) in [5, 5.41) is 7.60. The first-order valence-corrected chi connectivity index (χ1v) is 9.59. The fraction of sp³-hybridized carbons (Fsp3) is 0.421. The third-order valence-corrected chi connectivity index (χ3v) is 5.21. The Morgan fingerprint density at radius 1 is 1.26 bits per heavy atom. The van der Waals surface area contributed by atoms with Crippen molar-refractivity contribution in [2.24, 2.45) is 0 Å². The van der Waals surface area contributed by atoms with E-state index in [4.69, 9.17) is 27.7 Å². The fourth-order valence-electron chi connectivity index (χ4n) is 3.42. The number of rotatable bonds is 5. The Kier molecular flexibility index (Phi) is 6.07. The van der Waals surface area contributed by atoms with Crippen molar-refractivity contribution in [1.82, 2.24) is 10.1 Å². The molecule has 0 saturated carbocycles. The lowest BCUT2D eigenvalue weighted by Crippen LogP contribution is -2.43. The molecule has 144 valence electrons. The van der Waals surface area contributed by atoms with Crippen LogP contribution >= 0.6 is 23.2 Å². The Morgan fingerprint density at radius 2 is 1.96 bits per heavy atom. The van der Waals surface area contributed by atoms with Crippen molar-refractivity contribution in [2.75, 3.05) is 11.9 Å². The number of hydrogen-bond donors (Lipinski definition) is 1. The smallest absolute Gasteiger partial charge is 0.247 e. The van der Waals surface area contributed by atoms with E-state index >= 15 is 0 Å². The van der Waals surface area contributed by atoms with Gasteiger partial charge in [0, 0.05) is 34.3 Å². The van der Waals surface area contributed by atoms with Gasteiger partial charge >= 0.3 is 0 Å². The maximum absolute atomic E-state index is 12.7. The van der Waals surface area contributed by atoms with Gasteiger partial charge in [0.1, 0.15) is 11.8 Å². The summed E-state index contributed by atoms with van der Waals surface area (Å²) >= 11 is 11.9. The van der Waals surface area contributed by atoms with Crippen LogP contribution in [-0.4, -0.2) is 34.5 Å². The third kappa shape index (κ3) is 4.62. The standard InChI is InChI=1S/C19H21Cl2N3O3/c1-11-16(12(2)27-23-11)5-6-18(25)24-7-3-4-17(24)19(26)22-15-9-13(20)8-14(21)10-15/h8-10,17H,3-7H2,1-2H3,(H,22,26). The normalized spacial score (nSPS) is 16.6. The van der Waals surface area contributed by atoms with E-state index in [1.54, 1.807) is 23.1 Å². The summed E-state index contributed by atoms with van der Waals surface area (Å²) in [7, 11) is 0. The number of likely N-dealkylation sites (tertiary alicyclic amines) is 1. The molecule has 1 atom stereocenters. The number of aromatic nitrogens is 1.